The van der Waals surface area contributed by atoms with Gasteiger partial charge >= 0.3 is 6.18 Å². The van der Waals surface area contributed by atoms with Crippen LogP contribution in [0.5, 0.6) is 0 Å². The first-order chi connectivity index (χ1) is 15.6. The van der Waals surface area contributed by atoms with Crippen molar-refractivity contribution >= 4 is 45.6 Å². The maximum atomic E-state index is 14.2. The third-order valence-electron chi connectivity index (χ3n) is 4.65. The Kier molecular flexibility index (Phi) is 5.86. The fourth-order valence-corrected chi connectivity index (χ4v) is 3.36. The molecule has 3 aromatic carbocycles. The van der Waals surface area contributed by atoms with E-state index in [-0.39, 0.29) is 33.0 Å². The number of aromatic nitrogens is 2. The van der Waals surface area contributed by atoms with Crippen molar-refractivity contribution in [3.63, 3.8) is 0 Å². The van der Waals surface area contributed by atoms with E-state index in [2.05, 4.69) is 20.6 Å². The van der Waals surface area contributed by atoms with Crippen LogP contribution in [0.1, 0.15) is 15.9 Å². The van der Waals surface area contributed by atoms with E-state index in [1.165, 1.54) is 30.3 Å². The normalized spacial score (nSPS) is 11.5. The van der Waals surface area contributed by atoms with Crippen LogP contribution in [-0.4, -0.2) is 15.9 Å². The lowest BCUT2D eigenvalue weighted by Crippen LogP contribution is -2.15. The van der Waals surface area contributed by atoms with Gasteiger partial charge in [0.25, 0.3) is 5.91 Å². The number of rotatable bonds is 4. The van der Waals surface area contributed by atoms with E-state index in [1.54, 1.807) is 0 Å². The monoisotopic (exact) mass is 478 g/mol. The molecule has 11 heteroatoms. The zero-order chi connectivity index (χ0) is 23.8. The molecule has 4 aromatic rings. The van der Waals surface area contributed by atoms with Crippen molar-refractivity contribution in [1.29, 1.82) is 0 Å². The summed E-state index contributed by atoms with van der Waals surface area (Å²) < 4.78 is 67.3. The first-order valence-corrected chi connectivity index (χ1v) is 9.66. The number of hydrogen-bond donors (Lipinski definition) is 2. The number of nitrogens with zero attached hydrogens (tertiary/aromatic N) is 2. The number of hydrogen-bond acceptors (Lipinski definition) is 4. The van der Waals surface area contributed by atoms with Crippen LogP contribution in [0, 0.1) is 11.6 Å². The molecule has 0 aliphatic heterocycles. The Bertz CT molecular complexity index is 1360. The quantitative estimate of drug-likeness (QED) is 0.325. The highest BCUT2D eigenvalue weighted by molar-refractivity contribution is 6.34. The minimum absolute atomic E-state index is 0.00162. The smallest absolute Gasteiger partial charge is 0.337 e. The zero-order valence-electron chi connectivity index (χ0n) is 16.3. The number of halogens is 6. The van der Waals surface area contributed by atoms with E-state index >= 15 is 0 Å². The Labute approximate surface area is 188 Å². The summed E-state index contributed by atoms with van der Waals surface area (Å²) in [4.78, 5) is 20.7. The van der Waals surface area contributed by atoms with Gasteiger partial charge in [-0.25, -0.2) is 18.7 Å². The second kappa shape index (κ2) is 8.62. The van der Waals surface area contributed by atoms with Gasteiger partial charge in [0.1, 0.15) is 23.8 Å². The molecule has 5 nitrogen and oxygen atoms in total. The summed E-state index contributed by atoms with van der Waals surface area (Å²) in [6.45, 7) is 0. The van der Waals surface area contributed by atoms with Crippen molar-refractivity contribution in [2.24, 2.45) is 0 Å². The van der Waals surface area contributed by atoms with E-state index in [0.29, 0.717) is 18.2 Å². The predicted molar refractivity (Wildman–Crippen MR) is 114 cm³/mol. The number of alkyl halides is 3. The van der Waals surface area contributed by atoms with Gasteiger partial charge in [-0.3, -0.25) is 4.79 Å². The predicted octanol–water partition coefficient (Wildman–Crippen LogP) is 6.58. The lowest BCUT2D eigenvalue weighted by atomic mass is 10.1. The topological polar surface area (TPSA) is 66.9 Å². The summed E-state index contributed by atoms with van der Waals surface area (Å²) in [6, 6.07) is 10.2. The summed E-state index contributed by atoms with van der Waals surface area (Å²) in [5.41, 5.74) is -1.51. The zero-order valence-corrected chi connectivity index (χ0v) is 17.1. The Hall–Kier alpha value is -3.79. The first kappa shape index (κ1) is 22.4. The van der Waals surface area contributed by atoms with Gasteiger partial charge in [-0.05, 0) is 42.5 Å². The van der Waals surface area contributed by atoms with Crippen LogP contribution in [0.4, 0.5) is 39.1 Å². The molecule has 0 saturated heterocycles. The molecule has 0 spiro atoms. The van der Waals surface area contributed by atoms with Gasteiger partial charge in [-0.2, -0.15) is 13.2 Å². The van der Waals surface area contributed by atoms with E-state index in [4.69, 9.17) is 11.6 Å². The molecule has 0 saturated carbocycles. The maximum Gasteiger partial charge on any atom is 0.416 e. The maximum absolute atomic E-state index is 14.2. The van der Waals surface area contributed by atoms with Crippen LogP contribution < -0.4 is 10.6 Å². The van der Waals surface area contributed by atoms with Crippen molar-refractivity contribution in [1.82, 2.24) is 9.97 Å². The minimum Gasteiger partial charge on any atom is -0.337 e. The Morgan fingerprint density at radius 3 is 2.39 bits per heavy atom. The highest BCUT2D eigenvalue weighted by Crippen LogP contribution is 2.34. The van der Waals surface area contributed by atoms with Gasteiger partial charge in [0, 0.05) is 5.39 Å². The molecule has 0 bridgehead atoms. The van der Waals surface area contributed by atoms with Crippen LogP contribution in [-0.2, 0) is 6.18 Å². The van der Waals surface area contributed by atoms with E-state index in [1.807, 2.05) is 0 Å². The highest BCUT2D eigenvalue weighted by Gasteiger charge is 2.31. The summed E-state index contributed by atoms with van der Waals surface area (Å²) in [7, 11) is 0. The van der Waals surface area contributed by atoms with E-state index in [0.717, 1.165) is 12.4 Å². The Morgan fingerprint density at radius 2 is 1.67 bits per heavy atom. The van der Waals surface area contributed by atoms with Crippen LogP contribution in [0.25, 0.3) is 10.9 Å². The second-order valence-electron chi connectivity index (χ2n) is 6.79. The lowest BCUT2D eigenvalue weighted by molar-refractivity contribution is -0.137. The molecule has 0 unspecified atom stereocenters. The molecule has 1 heterocycles. The molecule has 0 aliphatic rings. The molecule has 1 aromatic heterocycles. The summed E-state index contributed by atoms with van der Waals surface area (Å²) in [6.07, 6.45) is -3.58. The minimum atomic E-state index is -4.66. The van der Waals surface area contributed by atoms with E-state index < -0.39 is 35.0 Å². The van der Waals surface area contributed by atoms with Crippen LogP contribution >= 0.6 is 11.6 Å². The number of carbonyl (C=O) groups excluding carboxylic acids is 1. The Morgan fingerprint density at radius 1 is 0.909 bits per heavy atom. The third kappa shape index (κ3) is 4.56. The van der Waals surface area contributed by atoms with Gasteiger partial charge in [-0.15, -0.1) is 0 Å². The number of amides is 1. The molecule has 0 fully saturated rings. The molecular weight excluding hydrogens is 467 g/mol. The van der Waals surface area contributed by atoms with Crippen LogP contribution in [0.2, 0.25) is 5.02 Å². The molecule has 0 atom stereocenters. The van der Waals surface area contributed by atoms with Crippen LogP contribution in [0.3, 0.4) is 0 Å². The first-order valence-electron chi connectivity index (χ1n) is 9.28. The fourth-order valence-electron chi connectivity index (χ4n) is 3.11. The molecular formula is C22H12ClF5N4O. The van der Waals surface area contributed by atoms with Crippen molar-refractivity contribution in [3.8, 4) is 0 Å². The SMILES string of the molecule is O=C(Nc1cccc2c(Nc3cc(C(F)(F)F)ccc3F)ncnc12)c1c(F)cccc1Cl. The summed E-state index contributed by atoms with van der Waals surface area (Å²) in [5, 5.41) is 5.23. The molecule has 33 heavy (non-hydrogen) atoms. The van der Waals surface area contributed by atoms with E-state index in [9.17, 15) is 26.7 Å². The van der Waals surface area contributed by atoms with Gasteiger partial charge in [0.05, 0.1) is 33.0 Å². The number of nitrogens with one attached hydrogen (secondary N) is 2. The van der Waals surface area contributed by atoms with Crippen molar-refractivity contribution < 1.29 is 26.7 Å². The molecule has 1 amide bonds. The van der Waals surface area contributed by atoms with Crippen LogP contribution in [0.15, 0.2) is 60.9 Å². The van der Waals surface area contributed by atoms with Gasteiger partial charge in [0.2, 0.25) is 0 Å². The number of carbonyl (C=O) groups is 1. The molecule has 4 rings (SSSR count). The van der Waals surface area contributed by atoms with Gasteiger partial charge < -0.3 is 10.6 Å². The molecule has 168 valence electrons. The largest absolute Gasteiger partial charge is 0.416 e. The van der Waals surface area contributed by atoms with Gasteiger partial charge in [0.15, 0.2) is 0 Å². The average Bonchev–Trinajstić information content (AvgIpc) is 2.75. The second-order valence-corrected chi connectivity index (χ2v) is 7.20. The Balaban J connectivity index is 1.71. The third-order valence-corrected chi connectivity index (χ3v) is 4.96. The molecule has 2 N–H and O–H groups in total. The van der Waals surface area contributed by atoms with Crippen molar-refractivity contribution in [2.45, 2.75) is 6.18 Å². The van der Waals surface area contributed by atoms with Gasteiger partial charge in [-0.1, -0.05) is 23.7 Å². The van der Waals surface area contributed by atoms with Crippen molar-refractivity contribution in [3.05, 3.63) is 88.7 Å². The highest BCUT2D eigenvalue weighted by atomic mass is 35.5. The number of anilines is 3. The average molecular weight is 479 g/mol. The standard InChI is InChI=1S/C22H12ClF5N4O/c23-13-4-2-5-15(25)18(13)21(33)32-16-6-1-3-12-19(16)29-10-30-20(12)31-17-9-11(22(26,27)28)7-8-14(17)24/h1-10H,(H,32,33)(H,29,30,31). The molecule has 0 aliphatic carbocycles. The number of benzene rings is 3. The summed E-state index contributed by atoms with van der Waals surface area (Å²) >= 11 is 5.93. The summed E-state index contributed by atoms with van der Waals surface area (Å²) in [5.74, 6) is -2.58. The fraction of sp³-hybridized carbons (Fsp3) is 0.0455. The number of para-hydroxylation sites is 1. The molecule has 0 radical (unpaired) electrons. The number of fused-ring (bicyclic) bond motifs is 1. The van der Waals surface area contributed by atoms with Crippen molar-refractivity contribution in [2.75, 3.05) is 10.6 Å². The lowest BCUT2D eigenvalue weighted by Gasteiger charge is -2.14.